The van der Waals surface area contributed by atoms with Gasteiger partial charge in [-0.2, -0.15) is 11.8 Å². The van der Waals surface area contributed by atoms with E-state index in [4.69, 9.17) is 0 Å². The molecular weight excluding hydrogens is 270 g/mol. The molecule has 0 N–H and O–H groups in total. The van der Waals surface area contributed by atoms with Gasteiger partial charge in [0.1, 0.15) is 5.82 Å². The molecule has 0 saturated carbocycles. The zero-order valence-electron chi connectivity index (χ0n) is 11.7. The number of nitrogens with zero attached hydrogens (tertiary/aromatic N) is 3. The van der Waals surface area contributed by atoms with E-state index in [0.29, 0.717) is 5.39 Å². The van der Waals surface area contributed by atoms with Crippen LogP contribution in [0.15, 0.2) is 29.1 Å². The van der Waals surface area contributed by atoms with E-state index in [2.05, 4.69) is 9.88 Å². The van der Waals surface area contributed by atoms with Crippen LogP contribution in [-0.2, 0) is 13.6 Å². The Balaban J connectivity index is 1.94. The van der Waals surface area contributed by atoms with Crippen molar-refractivity contribution < 1.29 is 0 Å². The number of benzene rings is 1. The van der Waals surface area contributed by atoms with Crippen molar-refractivity contribution >= 4 is 22.7 Å². The predicted molar refractivity (Wildman–Crippen MR) is 84.2 cm³/mol. The number of hydrogen-bond acceptors (Lipinski definition) is 4. The standard InChI is InChI=1S/C15H19N3OS/c1-17-14(11-18-7-4-9-20-10-8-18)16-13-6-3-2-5-12(13)15(17)19/h2-3,5-6H,4,7-11H2,1H3. The normalized spacial score (nSPS) is 17.2. The van der Waals surface area contributed by atoms with Gasteiger partial charge in [0, 0.05) is 19.3 Å². The highest BCUT2D eigenvalue weighted by atomic mass is 32.2. The molecule has 2 heterocycles. The van der Waals surface area contributed by atoms with Crippen molar-refractivity contribution in [2.24, 2.45) is 7.05 Å². The quantitative estimate of drug-likeness (QED) is 0.846. The first-order valence-electron chi connectivity index (χ1n) is 7.00. The molecule has 1 aromatic carbocycles. The van der Waals surface area contributed by atoms with Crippen LogP contribution in [-0.4, -0.2) is 39.0 Å². The van der Waals surface area contributed by atoms with E-state index < -0.39 is 0 Å². The summed E-state index contributed by atoms with van der Waals surface area (Å²) in [6.07, 6.45) is 1.21. The molecule has 0 radical (unpaired) electrons. The lowest BCUT2D eigenvalue weighted by molar-refractivity contribution is 0.276. The van der Waals surface area contributed by atoms with Gasteiger partial charge in [0.2, 0.25) is 0 Å². The maximum atomic E-state index is 12.4. The SMILES string of the molecule is Cn1c(CN2CCCSCC2)nc2ccccc2c1=O. The fourth-order valence-corrected chi connectivity index (χ4v) is 3.49. The van der Waals surface area contributed by atoms with E-state index in [9.17, 15) is 4.79 Å². The van der Waals surface area contributed by atoms with E-state index >= 15 is 0 Å². The van der Waals surface area contributed by atoms with Crippen molar-refractivity contribution in [3.8, 4) is 0 Å². The molecule has 0 spiro atoms. The first-order valence-corrected chi connectivity index (χ1v) is 8.16. The molecule has 3 rings (SSSR count). The van der Waals surface area contributed by atoms with Gasteiger partial charge in [0.05, 0.1) is 17.4 Å². The van der Waals surface area contributed by atoms with Crippen LogP contribution in [0.25, 0.3) is 10.9 Å². The molecule has 2 aromatic rings. The highest BCUT2D eigenvalue weighted by Gasteiger charge is 2.14. The van der Waals surface area contributed by atoms with Gasteiger partial charge in [-0.25, -0.2) is 4.98 Å². The summed E-state index contributed by atoms with van der Waals surface area (Å²) < 4.78 is 1.69. The Kier molecular flexibility index (Phi) is 4.08. The second kappa shape index (κ2) is 5.97. The average molecular weight is 289 g/mol. The fourth-order valence-electron chi connectivity index (χ4n) is 2.56. The lowest BCUT2D eigenvalue weighted by Gasteiger charge is -2.20. The first-order chi connectivity index (χ1) is 9.75. The van der Waals surface area contributed by atoms with Crippen LogP contribution in [0.3, 0.4) is 0 Å². The third-order valence-electron chi connectivity index (χ3n) is 3.76. The van der Waals surface area contributed by atoms with Gasteiger partial charge < -0.3 is 0 Å². The Morgan fingerprint density at radius 3 is 3.00 bits per heavy atom. The van der Waals surface area contributed by atoms with E-state index in [-0.39, 0.29) is 5.56 Å². The third kappa shape index (κ3) is 2.74. The maximum absolute atomic E-state index is 12.4. The van der Waals surface area contributed by atoms with E-state index in [0.717, 1.165) is 31.0 Å². The molecule has 4 nitrogen and oxygen atoms in total. The molecule has 5 heteroatoms. The van der Waals surface area contributed by atoms with E-state index in [1.807, 2.05) is 43.1 Å². The number of fused-ring (bicyclic) bond motifs is 1. The number of hydrogen-bond donors (Lipinski definition) is 0. The molecule has 0 unspecified atom stereocenters. The van der Waals surface area contributed by atoms with Gasteiger partial charge in [-0.15, -0.1) is 0 Å². The van der Waals surface area contributed by atoms with Crippen molar-refractivity contribution in [3.63, 3.8) is 0 Å². The molecule has 20 heavy (non-hydrogen) atoms. The Bertz CT molecular complexity index is 660. The summed E-state index contributed by atoms with van der Waals surface area (Å²) in [6.45, 7) is 2.93. The van der Waals surface area contributed by atoms with Crippen molar-refractivity contribution in [1.29, 1.82) is 0 Å². The second-order valence-corrected chi connectivity index (χ2v) is 6.38. The number of thioether (sulfide) groups is 1. The van der Waals surface area contributed by atoms with Gasteiger partial charge in [-0.3, -0.25) is 14.3 Å². The molecular formula is C15H19N3OS. The van der Waals surface area contributed by atoms with Crippen LogP contribution < -0.4 is 5.56 Å². The highest BCUT2D eigenvalue weighted by Crippen LogP contribution is 2.13. The lowest BCUT2D eigenvalue weighted by Crippen LogP contribution is -2.31. The first kappa shape index (κ1) is 13.6. The molecule has 1 aliphatic heterocycles. The Morgan fingerprint density at radius 2 is 2.10 bits per heavy atom. The van der Waals surface area contributed by atoms with Gasteiger partial charge >= 0.3 is 0 Å². The molecule has 0 atom stereocenters. The van der Waals surface area contributed by atoms with Crippen LogP contribution in [0.1, 0.15) is 12.2 Å². The lowest BCUT2D eigenvalue weighted by atomic mass is 10.2. The molecule has 0 amide bonds. The van der Waals surface area contributed by atoms with Crippen molar-refractivity contribution in [3.05, 3.63) is 40.4 Å². The minimum atomic E-state index is 0.0507. The van der Waals surface area contributed by atoms with Crippen LogP contribution in [0.4, 0.5) is 0 Å². The monoisotopic (exact) mass is 289 g/mol. The molecule has 1 aliphatic rings. The van der Waals surface area contributed by atoms with Gasteiger partial charge in [-0.1, -0.05) is 12.1 Å². The summed E-state index contributed by atoms with van der Waals surface area (Å²) in [5, 5.41) is 0.699. The molecule has 1 fully saturated rings. The third-order valence-corrected chi connectivity index (χ3v) is 4.80. The van der Waals surface area contributed by atoms with Crippen molar-refractivity contribution in [2.45, 2.75) is 13.0 Å². The van der Waals surface area contributed by atoms with Crippen LogP contribution in [0.5, 0.6) is 0 Å². The van der Waals surface area contributed by atoms with E-state index in [1.54, 1.807) is 4.57 Å². The topological polar surface area (TPSA) is 38.1 Å². The molecule has 1 saturated heterocycles. The van der Waals surface area contributed by atoms with Gasteiger partial charge in [0.25, 0.3) is 5.56 Å². The fraction of sp³-hybridized carbons (Fsp3) is 0.467. The average Bonchev–Trinajstić information content (AvgIpc) is 2.73. The maximum Gasteiger partial charge on any atom is 0.261 e. The largest absolute Gasteiger partial charge is 0.298 e. The Morgan fingerprint density at radius 1 is 1.25 bits per heavy atom. The summed E-state index contributed by atoms with van der Waals surface area (Å²) in [6, 6.07) is 7.58. The predicted octanol–water partition coefficient (Wildman–Crippen LogP) is 1.87. The van der Waals surface area contributed by atoms with Crippen molar-refractivity contribution in [1.82, 2.24) is 14.5 Å². The minimum Gasteiger partial charge on any atom is -0.298 e. The summed E-state index contributed by atoms with van der Waals surface area (Å²) in [5.41, 5.74) is 0.851. The smallest absolute Gasteiger partial charge is 0.261 e. The number of aromatic nitrogens is 2. The Labute approximate surface area is 122 Å². The zero-order chi connectivity index (χ0) is 13.9. The summed E-state index contributed by atoms with van der Waals surface area (Å²) in [7, 11) is 1.82. The van der Waals surface area contributed by atoms with Crippen LogP contribution in [0, 0.1) is 0 Å². The van der Waals surface area contributed by atoms with Crippen molar-refractivity contribution in [2.75, 3.05) is 24.6 Å². The second-order valence-electron chi connectivity index (χ2n) is 5.15. The number of rotatable bonds is 2. The minimum absolute atomic E-state index is 0.0507. The van der Waals surface area contributed by atoms with Gasteiger partial charge in [0.15, 0.2) is 0 Å². The Hall–Kier alpha value is -1.33. The molecule has 0 aliphatic carbocycles. The summed E-state index contributed by atoms with van der Waals surface area (Å²) >= 11 is 2.01. The number of para-hydroxylation sites is 1. The van der Waals surface area contributed by atoms with Gasteiger partial charge in [-0.05, 0) is 30.9 Å². The zero-order valence-corrected chi connectivity index (χ0v) is 12.5. The van der Waals surface area contributed by atoms with Crippen LogP contribution in [0.2, 0.25) is 0 Å². The van der Waals surface area contributed by atoms with Crippen LogP contribution >= 0.6 is 11.8 Å². The molecule has 106 valence electrons. The summed E-state index contributed by atoms with van der Waals surface area (Å²) in [4.78, 5) is 19.4. The molecule has 1 aromatic heterocycles. The highest BCUT2D eigenvalue weighted by molar-refractivity contribution is 7.99. The van der Waals surface area contributed by atoms with E-state index in [1.165, 1.54) is 17.9 Å². The molecule has 0 bridgehead atoms. The summed E-state index contributed by atoms with van der Waals surface area (Å²) in [5.74, 6) is 3.27.